The lowest BCUT2D eigenvalue weighted by Crippen LogP contribution is -2.29. The summed E-state index contributed by atoms with van der Waals surface area (Å²) in [5.41, 5.74) is 0.379. The maximum atomic E-state index is 14.9. The van der Waals surface area contributed by atoms with Crippen molar-refractivity contribution in [2.24, 2.45) is 0 Å². The third kappa shape index (κ3) is 3.36. The summed E-state index contributed by atoms with van der Waals surface area (Å²) >= 11 is 0. The molecule has 4 aromatic carbocycles. The molecule has 33 heavy (non-hydrogen) atoms. The number of amides is 1. The lowest BCUT2D eigenvalue weighted by molar-refractivity contribution is -0.132. The molecule has 5 rings (SSSR count). The van der Waals surface area contributed by atoms with Gasteiger partial charge in [0, 0.05) is 16.8 Å². The van der Waals surface area contributed by atoms with Crippen molar-refractivity contribution in [1.29, 1.82) is 0 Å². The molecule has 1 aliphatic heterocycles. The first kappa shape index (κ1) is 20.6. The van der Waals surface area contributed by atoms with Crippen LogP contribution in [0.5, 0.6) is 0 Å². The van der Waals surface area contributed by atoms with Crippen molar-refractivity contribution in [3.05, 3.63) is 119 Å². The second kappa shape index (κ2) is 7.98. The Morgan fingerprint density at radius 3 is 2.21 bits per heavy atom. The van der Waals surface area contributed by atoms with Crippen LogP contribution in [0.1, 0.15) is 17.2 Å². The Labute approximate surface area is 188 Å². The number of benzene rings is 4. The number of aliphatic hydroxyl groups is 1. The Hall–Kier alpha value is -4.32. The number of hydrogen-bond donors (Lipinski definition) is 1. The molecule has 1 N–H and O–H groups in total. The van der Waals surface area contributed by atoms with Crippen LogP contribution in [0.3, 0.4) is 0 Å². The van der Waals surface area contributed by atoms with Gasteiger partial charge in [-0.15, -0.1) is 0 Å². The van der Waals surface area contributed by atoms with E-state index in [-0.39, 0.29) is 16.8 Å². The van der Waals surface area contributed by atoms with E-state index in [0.717, 1.165) is 22.4 Å². The molecule has 0 bridgehead atoms. The Balaban J connectivity index is 1.79. The number of aliphatic hydroxyl groups excluding tert-OH is 1. The van der Waals surface area contributed by atoms with Crippen LogP contribution in [0, 0.1) is 11.6 Å². The second-order valence-electron chi connectivity index (χ2n) is 7.69. The van der Waals surface area contributed by atoms with E-state index in [1.807, 2.05) is 18.2 Å². The molecule has 1 atom stereocenters. The molecule has 1 unspecified atom stereocenters. The van der Waals surface area contributed by atoms with Crippen LogP contribution in [-0.2, 0) is 9.59 Å². The SMILES string of the molecule is O=C1C(=O)N(c2ccc(F)cc2)C(c2ccccc2F)/C1=C(\O)c1cccc2ccccc12. The van der Waals surface area contributed by atoms with Gasteiger partial charge >= 0.3 is 0 Å². The minimum Gasteiger partial charge on any atom is -0.507 e. The van der Waals surface area contributed by atoms with Gasteiger partial charge < -0.3 is 5.11 Å². The fourth-order valence-corrected chi connectivity index (χ4v) is 4.27. The zero-order chi connectivity index (χ0) is 23.1. The highest BCUT2D eigenvalue weighted by Gasteiger charge is 2.47. The molecule has 1 heterocycles. The van der Waals surface area contributed by atoms with Gasteiger partial charge in [0.2, 0.25) is 0 Å². The Kier molecular flexibility index (Phi) is 4.98. The monoisotopic (exact) mass is 441 g/mol. The molecule has 162 valence electrons. The van der Waals surface area contributed by atoms with E-state index < -0.39 is 35.1 Å². The number of carbonyl (C=O) groups excluding carboxylic acids is 2. The fraction of sp³-hybridized carbons (Fsp3) is 0.0370. The first-order valence-corrected chi connectivity index (χ1v) is 10.3. The largest absolute Gasteiger partial charge is 0.507 e. The van der Waals surface area contributed by atoms with Crippen LogP contribution >= 0.6 is 0 Å². The molecule has 0 radical (unpaired) electrons. The standard InChI is InChI=1S/C27H17F2NO3/c28-17-12-14-18(15-13-17)30-24(21-9-3-4-11-22(21)29)23(26(32)27(30)33)25(31)20-10-5-7-16-6-1-2-8-19(16)20/h1-15,24,31H/b25-23+. The molecule has 0 saturated carbocycles. The van der Waals surface area contributed by atoms with Crippen LogP contribution in [0.15, 0.2) is 96.6 Å². The molecule has 0 aliphatic carbocycles. The smallest absolute Gasteiger partial charge is 0.300 e. The Morgan fingerprint density at radius 1 is 0.788 bits per heavy atom. The van der Waals surface area contributed by atoms with Crippen molar-refractivity contribution in [3.63, 3.8) is 0 Å². The fourth-order valence-electron chi connectivity index (χ4n) is 4.27. The zero-order valence-electron chi connectivity index (χ0n) is 17.2. The van der Waals surface area contributed by atoms with E-state index in [4.69, 9.17) is 0 Å². The highest BCUT2D eigenvalue weighted by Crippen LogP contribution is 2.43. The summed E-state index contributed by atoms with van der Waals surface area (Å²) in [6, 6.07) is 22.0. The Morgan fingerprint density at radius 2 is 1.45 bits per heavy atom. The third-order valence-corrected chi connectivity index (χ3v) is 5.79. The summed E-state index contributed by atoms with van der Waals surface area (Å²) in [4.78, 5) is 27.4. The molecule has 0 aromatic heterocycles. The predicted molar refractivity (Wildman–Crippen MR) is 122 cm³/mol. The number of halogens is 2. The van der Waals surface area contributed by atoms with Gasteiger partial charge in [-0.3, -0.25) is 14.5 Å². The van der Waals surface area contributed by atoms with Crippen molar-refractivity contribution in [2.45, 2.75) is 6.04 Å². The molecular weight excluding hydrogens is 424 g/mol. The summed E-state index contributed by atoms with van der Waals surface area (Å²) in [7, 11) is 0. The summed E-state index contributed by atoms with van der Waals surface area (Å²) in [6.45, 7) is 0. The lowest BCUT2D eigenvalue weighted by atomic mass is 9.93. The molecular formula is C27H17F2NO3. The van der Waals surface area contributed by atoms with Crippen molar-refractivity contribution >= 4 is 33.9 Å². The highest BCUT2D eigenvalue weighted by molar-refractivity contribution is 6.51. The second-order valence-corrected chi connectivity index (χ2v) is 7.69. The van der Waals surface area contributed by atoms with Gasteiger partial charge in [-0.1, -0.05) is 60.7 Å². The van der Waals surface area contributed by atoms with Crippen LogP contribution in [0.2, 0.25) is 0 Å². The number of ketones is 1. The number of nitrogens with zero attached hydrogens (tertiary/aromatic N) is 1. The zero-order valence-corrected chi connectivity index (χ0v) is 17.2. The third-order valence-electron chi connectivity index (χ3n) is 5.79. The maximum absolute atomic E-state index is 14.9. The molecule has 1 fully saturated rings. The number of fused-ring (bicyclic) bond motifs is 1. The molecule has 1 amide bonds. The molecule has 0 spiro atoms. The molecule has 1 aliphatic rings. The molecule has 1 saturated heterocycles. The van der Waals surface area contributed by atoms with Crippen LogP contribution < -0.4 is 4.90 Å². The van der Waals surface area contributed by atoms with Crippen LogP contribution in [-0.4, -0.2) is 16.8 Å². The van der Waals surface area contributed by atoms with Gasteiger partial charge in [-0.25, -0.2) is 8.78 Å². The quantitative estimate of drug-likeness (QED) is 0.250. The minimum absolute atomic E-state index is 0.0443. The lowest BCUT2D eigenvalue weighted by Gasteiger charge is -2.25. The maximum Gasteiger partial charge on any atom is 0.300 e. The van der Waals surface area contributed by atoms with Gasteiger partial charge in [-0.2, -0.15) is 0 Å². The summed E-state index contributed by atoms with van der Waals surface area (Å²) in [5, 5.41) is 12.8. The Bertz CT molecular complexity index is 1440. The van der Waals surface area contributed by atoms with Gasteiger partial charge in [0.25, 0.3) is 11.7 Å². The number of hydrogen-bond acceptors (Lipinski definition) is 3. The number of anilines is 1. The van der Waals surface area contributed by atoms with Gasteiger partial charge in [0.1, 0.15) is 17.4 Å². The summed E-state index contributed by atoms with van der Waals surface area (Å²) < 4.78 is 28.5. The molecule has 4 nitrogen and oxygen atoms in total. The van der Waals surface area contributed by atoms with Gasteiger partial charge in [0.15, 0.2) is 0 Å². The number of carbonyl (C=O) groups is 2. The van der Waals surface area contributed by atoms with Gasteiger partial charge in [-0.05, 0) is 41.1 Å². The normalized spacial score (nSPS) is 17.6. The van der Waals surface area contributed by atoms with E-state index in [2.05, 4.69) is 0 Å². The number of Topliss-reactive ketones (excluding diaryl/α,β-unsaturated/α-hetero) is 1. The molecule has 6 heteroatoms. The van der Waals surface area contributed by atoms with E-state index in [1.54, 1.807) is 30.3 Å². The average Bonchev–Trinajstić information content (AvgIpc) is 3.09. The summed E-state index contributed by atoms with van der Waals surface area (Å²) in [5.74, 6) is -3.44. The first-order chi connectivity index (χ1) is 16.0. The van der Waals surface area contributed by atoms with Crippen molar-refractivity contribution < 1.29 is 23.5 Å². The minimum atomic E-state index is -1.23. The van der Waals surface area contributed by atoms with E-state index in [1.165, 1.54) is 30.3 Å². The van der Waals surface area contributed by atoms with Crippen molar-refractivity contribution in [2.75, 3.05) is 4.90 Å². The van der Waals surface area contributed by atoms with E-state index >= 15 is 0 Å². The van der Waals surface area contributed by atoms with Gasteiger partial charge in [0.05, 0.1) is 11.6 Å². The molecule has 4 aromatic rings. The van der Waals surface area contributed by atoms with Crippen LogP contribution in [0.25, 0.3) is 16.5 Å². The van der Waals surface area contributed by atoms with Crippen LogP contribution in [0.4, 0.5) is 14.5 Å². The highest BCUT2D eigenvalue weighted by atomic mass is 19.1. The van der Waals surface area contributed by atoms with E-state index in [0.29, 0.717) is 10.9 Å². The summed E-state index contributed by atoms with van der Waals surface area (Å²) in [6.07, 6.45) is 0. The van der Waals surface area contributed by atoms with Crippen molar-refractivity contribution in [3.8, 4) is 0 Å². The van der Waals surface area contributed by atoms with E-state index in [9.17, 15) is 23.5 Å². The predicted octanol–water partition coefficient (Wildman–Crippen LogP) is 5.74. The topological polar surface area (TPSA) is 57.6 Å². The average molecular weight is 441 g/mol. The first-order valence-electron chi connectivity index (χ1n) is 10.3. The number of rotatable bonds is 3. The van der Waals surface area contributed by atoms with Crippen molar-refractivity contribution in [1.82, 2.24) is 0 Å².